The Bertz CT molecular complexity index is 678. The molecule has 114 valence electrons. The summed E-state index contributed by atoms with van der Waals surface area (Å²) >= 11 is 0. The maximum atomic E-state index is 13.8. The number of amides is 1. The van der Waals surface area contributed by atoms with Crippen molar-refractivity contribution in [2.75, 3.05) is 25.9 Å². The zero-order valence-corrected chi connectivity index (χ0v) is 12.3. The second kappa shape index (κ2) is 7.73. The van der Waals surface area contributed by atoms with Crippen LogP contribution in [0.3, 0.4) is 0 Å². The molecule has 0 radical (unpaired) electrons. The summed E-state index contributed by atoms with van der Waals surface area (Å²) in [5.74, 6) is 3.91. The smallest absolute Gasteiger partial charge is 0.254 e. The second-order valence-electron chi connectivity index (χ2n) is 4.12. The summed E-state index contributed by atoms with van der Waals surface area (Å²) in [5.41, 5.74) is 5.50. The van der Waals surface area contributed by atoms with Gasteiger partial charge in [0.05, 0.1) is 18.4 Å². The van der Waals surface area contributed by atoms with Gasteiger partial charge in [0.25, 0.3) is 5.91 Å². The average molecular weight is 313 g/mol. The van der Waals surface area contributed by atoms with Crippen molar-refractivity contribution in [1.29, 1.82) is 0 Å². The third-order valence-corrected chi connectivity index (χ3v) is 3.05. The molecule has 0 aliphatic carbocycles. The van der Waals surface area contributed by atoms with Gasteiger partial charge in [-0.25, -0.2) is 17.5 Å². The van der Waals surface area contributed by atoms with E-state index in [1.54, 1.807) is 0 Å². The van der Waals surface area contributed by atoms with Gasteiger partial charge in [-0.15, -0.1) is 0 Å². The summed E-state index contributed by atoms with van der Waals surface area (Å²) in [6.45, 7) is 0.253. The molecule has 0 aliphatic rings. The van der Waals surface area contributed by atoms with Crippen LogP contribution in [0.2, 0.25) is 0 Å². The average Bonchev–Trinajstić information content (AvgIpc) is 2.40. The Morgan fingerprint density at radius 2 is 2.10 bits per heavy atom. The molecule has 0 unspecified atom stereocenters. The Hall–Kier alpha value is -1.95. The first kappa shape index (κ1) is 17.1. The van der Waals surface area contributed by atoms with Crippen LogP contribution in [0.4, 0.5) is 4.39 Å². The van der Waals surface area contributed by atoms with E-state index in [-0.39, 0.29) is 25.2 Å². The molecule has 4 N–H and O–H groups in total. The van der Waals surface area contributed by atoms with E-state index in [1.807, 2.05) is 0 Å². The monoisotopic (exact) mass is 313 g/mol. The van der Waals surface area contributed by atoms with E-state index in [0.717, 1.165) is 12.3 Å². The quantitative estimate of drug-likeness (QED) is 0.500. The predicted octanol–water partition coefficient (Wildman–Crippen LogP) is -0.585. The Morgan fingerprint density at radius 3 is 2.67 bits per heavy atom. The van der Waals surface area contributed by atoms with Crippen LogP contribution in [-0.2, 0) is 10.0 Å². The standard InChI is InChI=1S/C13H16FN3O3S/c1-21(19,20)17-8-7-16-13(18)11-5-4-10(3-2-6-15)9-12(11)14/h4-5,9,17H,6-8,15H2,1H3,(H,16,18). The lowest BCUT2D eigenvalue weighted by molar-refractivity contribution is 0.0950. The Kier molecular flexibility index (Phi) is 6.30. The van der Waals surface area contributed by atoms with Crippen LogP contribution in [0.1, 0.15) is 15.9 Å². The molecular weight excluding hydrogens is 297 g/mol. The third-order valence-electron chi connectivity index (χ3n) is 2.32. The SMILES string of the molecule is CS(=O)(=O)NCCNC(=O)c1ccc(C#CCN)cc1F. The van der Waals surface area contributed by atoms with Crippen molar-refractivity contribution in [3.63, 3.8) is 0 Å². The molecule has 1 aromatic rings. The molecule has 0 saturated carbocycles. The molecule has 0 spiro atoms. The van der Waals surface area contributed by atoms with E-state index in [9.17, 15) is 17.6 Å². The van der Waals surface area contributed by atoms with Crippen molar-refractivity contribution in [1.82, 2.24) is 10.0 Å². The zero-order valence-electron chi connectivity index (χ0n) is 11.4. The normalized spacial score (nSPS) is 10.6. The number of carbonyl (C=O) groups excluding carboxylic acids is 1. The number of sulfonamides is 1. The van der Waals surface area contributed by atoms with Crippen molar-refractivity contribution in [3.8, 4) is 11.8 Å². The molecule has 1 amide bonds. The van der Waals surface area contributed by atoms with E-state index in [4.69, 9.17) is 5.73 Å². The number of nitrogens with one attached hydrogen (secondary N) is 2. The molecule has 0 fully saturated rings. The zero-order chi connectivity index (χ0) is 15.9. The van der Waals surface area contributed by atoms with Gasteiger partial charge in [-0.2, -0.15) is 0 Å². The summed E-state index contributed by atoms with van der Waals surface area (Å²) in [5, 5.41) is 2.41. The number of rotatable bonds is 5. The third kappa shape index (κ3) is 6.35. The fourth-order valence-corrected chi connectivity index (χ4v) is 1.91. The van der Waals surface area contributed by atoms with E-state index in [0.29, 0.717) is 5.56 Å². The fourth-order valence-electron chi connectivity index (χ4n) is 1.44. The van der Waals surface area contributed by atoms with Crippen molar-refractivity contribution >= 4 is 15.9 Å². The summed E-state index contributed by atoms with van der Waals surface area (Å²) in [6.07, 6.45) is 1.01. The van der Waals surface area contributed by atoms with Crippen LogP contribution in [0.25, 0.3) is 0 Å². The largest absolute Gasteiger partial charge is 0.351 e. The van der Waals surface area contributed by atoms with Crippen molar-refractivity contribution in [2.24, 2.45) is 5.73 Å². The summed E-state index contributed by atoms with van der Waals surface area (Å²) < 4.78 is 37.6. The number of nitrogens with two attached hydrogens (primary N) is 1. The van der Waals surface area contributed by atoms with Gasteiger partial charge < -0.3 is 11.1 Å². The molecule has 0 saturated heterocycles. The van der Waals surface area contributed by atoms with Crippen LogP contribution >= 0.6 is 0 Å². The van der Waals surface area contributed by atoms with E-state index >= 15 is 0 Å². The van der Waals surface area contributed by atoms with Gasteiger partial charge in [0.1, 0.15) is 5.82 Å². The molecule has 0 bridgehead atoms. The number of carbonyl (C=O) groups is 1. The highest BCUT2D eigenvalue weighted by molar-refractivity contribution is 7.88. The minimum absolute atomic E-state index is 0.0340. The van der Waals surface area contributed by atoms with Gasteiger partial charge in [0, 0.05) is 18.7 Å². The molecular formula is C13H16FN3O3S. The maximum absolute atomic E-state index is 13.8. The minimum Gasteiger partial charge on any atom is -0.351 e. The Labute approximate surface area is 123 Å². The van der Waals surface area contributed by atoms with E-state index < -0.39 is 21.7 Å². The predicted molar refractivity (Wildman–Crippen MR) is 77.5 cm³/mol. The summed E-state index contributed by atoms with van der Waals surface area (Å²) in [4.78, 5) is 11.7. The lowest BCUT2D eigenvalue weighted by atomic mass is 10.1. The number of hydrogen-bond donors (Lipinski definition) is 3. The van der Waals surface area contributed by atoms with E-state index in [2.05, 4.69) is 21.9 Å². The van der Waals surface area contributed by atoms with Crippen LogP contribution in [0.15, 0.2) is 18.2 Å². The molecule has 8 heteroatoms. The summed E-state index contributed by atoms with van der Waals surface area (Å²) in [7, 11) is -3.31. The maximum Gasteiger partial charge on any atom is 0.254 e. The van der Waals surface area contributed by atoms with Crippen LogP contribution in [0.5, 0.6) is 0 Å². The van der Waals surface area contributed by atoms with Crippen LogP contribution in [0, 0.1) is 17.7 Å². The molecule has 1 aromatic carbocycles. The number of halogens is 1. The first-order valence-corrected chi connectivity index (χ1v) is 7.94. The fraction of sp³-hybridized carbons (Fsp3) is 0.308. The number of hydrogen-bond acceptors (Lipinski definition) is 4. The van der Waals surface area contributed by atoms with Crippen LogP contribution < -0.4 is 15.8 Å². The van der Waals surface area contributed by atoms with Gasteiger partial charge >= 0.3 is 0 Å². The highest BCUT2D eigenvalue weighted by Crippen LogP contribution is 2.09. The van der Waals surface area contributed by atoms with Gasteiger partial charge in [-0.05, 0) is 18.2 Å². The molecule has 1 rings (SSSR count). The second-order valence-corrected chi connectivity index (χ2v) is 5.96. The molecule has 0 heterocycles. The van der Waals surface area contributed by atoms with Crippen molar-refractivity contribution < 1.29 is 17.6 Å². The van der Waals surface area contributed by atoms with Crippen LogP contribution in [-0.4, -0.2) is 40.2 Å². The van der Waals surface area contributed by atoms with Gasteiger partial charge in [-0.1, -0.05) is 11.8 Å². The molecule has 0 aromatic heterocycles. The van der Waals surface area contributed by atoms with Gasteiger partial charge in [-0.3, -0.25) is 4.79 Å². The van der Waals surface area contributed by atoms with E-state index in [1.165, 1.54) is 12.1 Å². The number of benzene rings is 1. The molecule has 21 heavy (non-hydrogen) atoms. The summed E-state index contributed by atoms with van der Waals surface area (Å²) in [6, 6.07) is 3.97. The van der Waals surface area contributed by atoms with Gasteiger partial charge in [0.15, 0.2) is 0 Å². The highest BCUT2D eigenvalue weighted by Gasteiger charge is 2.11. The minimum atomic E-state index is -3.31. The van der Waals surface area contributed by atoms with Gasteiger partial charge in [0.2, 0.25) is 10.0 Å². The van der Waals surface area contributed by atoms with Crippen molar-refractivity contribution in [2.45, 2.75) is 0 Å². The molecule has 0 atom stereocenters. The highest BCUT2D eigenvalue weighted by atomic mass is 32.2. The Morgan fingerprint density at radius 1 is 1.38 bits per heavy atom. The first-order valence-electron chi connectivity index (χ1n) is 6.05. The topological polar surface area (TPSA) is 101 Å². The molecule has 0 aliphatic heterocycles. The lowest BCUT2D eigenvalue weighted by Gasteiger charge is -2.06. The Balaban J connectivity index is 2.62. The first-order chi connectivity index (χ1) is 9.83. The molecule has 6 nitrogen and oxygen atoms in total. The van der Waals surface area contributed by atoms with Crippen molar-refractivity contribution in [3.05, 3.63) is 35.1 Å². The lowest BCUT2D eigenvalue weighted by Crippen LogP contribution is -2.34.